The average Bonchev–Trinajstić information content (AvgIpc) is 1.50. The third-order valence-electron chi connectivity index (χ3n) is 18.7. The lowest BCUT2D eigenvalue weighted by Gasteiger charge is -2.31. The number of aromatic nitrogens is 2. The molecule has 0 unspecified atom stereocenters. The first-order valence-corrected chi connectivity index (χ1v) is 31.5. The third-order valence-corrected chi connectivity index (χ3v) is 19.4. The van der Waals surface area contributed by atoms with E-state index in [2.05, 4.69) is 310 Å². The molecular weight excluding hydrogens is 1160 g/mol. The summed E-state index contributed by atoms with van der Waals surface area (Å²) >= 11 is 3.53. The molecule has 0 aliphatic heterocycles. The second-order valence-electron chi connectivity index (χ2n) is 23.4. The number of hydrogen-bond acceptors (Lipinski definition) is 1. The summed E-state index contributed by atoms with van der Waals surface area (Å²) in [5, 5.41) is 4.84. The van der Waals surface area contributed by atoms with Gasteiger partial charge in [-0.2, -0.15) is 0 Å². The van der Waals surface area contributed by atoms with Gasteiger partial charge in [-0.05, 0) is 126 Å². The van der Waals surface area contributed by atoms with E-state index in [4.69, 9.17) is 0 Å². The van der Waals surface area contributed by atoms with Crippen LogP contribution >= 0.6 is 15.9 Å². The van der Waals surface area contributed by atoms with E-state index in [0.717, 1.165) is 54.2 Å². The molecule has 0 radical (unpaired) electrons. The van der Waals surface area contributed by atoms with Crippen molar-refractivity contribution in [3.63, 3.8) is 0 Å². The number of halogens is 1. The first kappa shape index (κ1) is 53.1. The number of benzene rings is 14. The molecule has 0 bridgehead atoms. The molecule has 90 heavy (non-hydrogen) atoms. The Morgan fingerprint density at radius 2 is 0.622 bits per heavy atom. The van der Waals surface area contributed by atoms with Gasteiger partial charge in [0.2, 0.25) is 0 Å². The highest BCUT2D eigenvalue weighted by Crippen LogP contribution is 2.64. The molecule has 1 spiro atoms. The Morgan fingerprint density at radius 1 is 0.256 bits per heavy atom. The van der Waals surface area contributed by atoms with Gasteiger partial charge in [0.1, 0.15) is 0 Å². The molecule has 3 aliphatic rings. The molecule has 4 heteroatoms. The summed E-state index contributed by atoms with van der Waals surface area (Å²) in [4.78, 5) is 13.6. The normalized spacial score (nSPS) is 12.6. The third kappa shape index (κ3) is 8.22. The van der Waals surface area contributed by atoms with Crippen LogP contribution in [0.2, 0.25) is 0 Å². The quantitative estimate of drug-likeness (QED) is 0.169. The smallest absolute Gasteiger partial charge is 0.196 e. The van der Waals surface area contributed by atoms with E-state index in [1.807, 2.05) is 48.5 Å². The molecule has 0 saturated carbocycles. The molecular formula is C86H55BrN2O. The lowest BCUT2D eigenvalue weighted by molar-refractivity contribution is 0.104. The molecule has 0 amide bonds. The van der Waals surface area contributed by atoms with Gasteiger partial charge in [0, 0.05) is 48.5 Å². The molecule has 0 N–H and O–H groups in total. The van der Waals surface area contributed by atoms with Crippen molar-refractivity contribution in [3.8, 4) is 78.1 Å². The van der Waals surface area contributed by atoms with E-state index >= 15 is 0 Å². The highest BCUT2D eigenvalue weighted by molar-refractivity contribution is 9.10. The molecule has 422 valence electrons. The van der Waals surface area contributed by atoms with E-state index in [9.17, 15) is 4.79 Å². The fraction of sp³-hybridized carbons (Fsp3) is 0.0116. The van der Waals surface area contributed by atoms with Crippen LogP contribution in [-0.2, 0) is 5.41 Å². The van der Waals surface area contributed by atoms with E-state index in [1.165, 1.54) is 105 Å². The molecule has 2 heterocycles. The average molecular weight is 1210 g/mol. The van der Waals surface area contributed by atoms with Crippen LogP contribution in [0.5, 0.6) is 0 Å². The zero-order chi connectivity index (χ0) is 59.9. The topological polar surface area (TPSA) is 26.9 Å². The van der Waals surface area contributed by atoms with Crippen molar-refractivity contribution in [2.75, 3.05) is 0 Å². The molecule has 19 rings (SSSR count). The van der Waals surface area contributed by atoms with Gasteiger partial charge in [-0.3, -0.25) is 4.79 Å². The Hall–Kier alpha value is -11.2. The van der Waals surface area contributed by atoms with Crippen molar-refractivity contribution in [1.29, 1.82) is 0 Å². The Bertz CT molecular complexity index is 5420. The lowest BCUT2D eigenvalue weighted by Crippen LogP contribution is -2.26. The Morgan fingerprint density at radius 3 is 1.13 bits per heavy atom. The van der Waals surface area contributed by atoms with Gasteiger partial charge in [0.05, 0.1) is 33.0 Å². The van der Waals surface area contributed by atoms with Crippen molar-refractivity contribution in [1.82, 2.24) is 9.13 Å². The first-order chi connectivity index (χ1) is 44.5. The highest BCUT2D eigenvalue weighted by atomic mass is 79.9. The summed E-state index contributed by atoms with van der Waals surface area (Å²) < 4.78 is 5.92. The number of fused-ring (bicyclic) bond motifs is 21. The maximum absolute atomic E-state index is 13.6. The summed E-state index contributed by atoms with van der Waals surface area (Å²) in [7, 11) is 0. The van der Waals surface area contributed by atoms with Crippen molar-refractivity contribution < 1.29 is 4.79 Å². The summed E-state index contributed by atoms with van der Waals surface area (Å²) in [6.45, 7) is 0. The minimum atomic E-state index is -0.408. The number of para-hydroxylation sites is 2. The van der Waals surface area contributed by atoms with Gasteiger partial charge in [-0.25, -0.2) is 0 Å². The number of rotatable bonds is 5. The van der Waals surface area contributed by atoms with Crippen molar-refractivity contribution in [2.45, 2.75) is 5.41 Å². The number of carbonyl (C=O) groups is 1. The molecule has 3 aliphatic carbocycles. The summed E-state index contributed by atoms with van der Waals surface area (Å²) in [5.74, 6) is 0.108. The predicted octanol–water partition coefficient (Wildman–Crippen LogP) is 22.6. The van der Waals surface area contributed by atoms with Crippen LogP contribution in [0, 0.1) is 0 Å². The predicted molar refractivity (Wildman–Crippen MR) is 377 cm³/mol. The van der Waals surface area contributed by atoms with E-state index < -0.39 is 5.41 Å². The van der Waals surface area contributed by atoms with Crippen LogP contribution in [0.3, 0.4) is 0 Å². The maximum atomic E-state index is 13.6. The summed E-state index contributed by atoms with van der Waals surface area (Å²) in [6.07, 6.45) is 0. The fourth-order valence-electron chi connectivity index (χ4n) is 14.9. The van der Waals surface area contributed by atoms with Crippen molar-refractivity contribution in [2.24, 2.45) is 0 Å². The van der Waals surface area contributed by atoms with E-state index in [1.54, 1.807) is 0 Å². The van der Waals surface area contributed by atoms with Crippen LogP contribution in [0.1, 0.15) is 38.2 Å². The molecule has 0 atom stereocenters. The van der Waals surface area contributed by atoms with Gasteiger partial charge >= 0.3 is 0 Å². The minimum Gasteiger partial charge on any atom is -0.309 e. The molecule has 3 nitrogen and oxygen atoms in total. The maximum Gasteiger partial charge on any atom is 0.196 e. The summed E-state index contributed by atoms with van der Waals surface area (Å²) in [6, 6.07) is 119. The SMILES string of the molecule is Brc1ccccc1-c1ccccc1.O=C1c2ccccc2-c2ccc3c4ccccc4n(-c4ccc(-c5ccccc5)cc4)c3c21.c1ccc(-c2ccc(-n3c4ccccc4c4ccc5c(c43)C3(c4ccccc4-c4ccccc43)c3ccccc3-5)cc2)cc1. The van der Waals surface area contributed by atoms with Gasteiger partial charge in [-0.15, -0.1) is 0 Å². The van der Waals surface area contributed by atoms with E-state index in [0.29, 0.717) is 0 Å². The fourth-order valence-corrected chi connectivity index (χ4v) is 15.4. The van der Waals surface area contributed by atoms with E-state index in [-0.39, 0.29) is 5.78 Å². The molecule has 0 fully saturated rings. The van der Waals surface area contributed by atoms with Crippen molar-refractivity contribution >= 4 is 65.3 Å². The van der Waals surface area contributed by atoms with Crippen LogP contribution in [-0.4, -0.2) is 14.9 Å². The number of hydrogen-bond donors (Lipinski definition) is 0. The zero-order valence-corrected chi connectivity index (χ0v) is 50.5. The summed E-state index contributed by atoms with van der Waals surface area (Å²) in [5.41, 5.74) is 28.2. The molecule has 14 aromatic carbocycles. The van der Waals surface area contributed by atoms with Gasteiger partial charge in [-0.1, -0.05) is 307 Å². The molecule has 0 saturated heterocycles. The lowest BCUT2D eigenvalue weighted by atomic mass is 9.70. The number of ketones is 1. The van der Waals surface area contributed by atoms with Crippen LogP contribution in [0.25, 0.3) is 122 Å². The largest absolute Gasteiger partial charge is 0.309 e. The number of carbonyl (C=O) groups excluding carboxylic acids is 1. The second kappa shape index (κ2) is 21.6. The zero-order valence-electron chi connectivity index (χ0n) is 48.9. The first-order valence-electron chi connectivity index (χ1n) is 30.7. The van der Waals surface area contributed by atoms with Crippen LogP contribution in [0.4, 0.5) is 0 Å². The van der Waals surface area contributed by atoms with Gasteiger partial charge in [0.25, 0.3) is 0 Å². The Balaban J connectivity index is 0.000000119. The van der Waals surface area contributed by atoms with Crippen molar-refractivity contribution in [3.05, 3.63) is 372 Å². The van der Waals surface area contributed by atoms with Gasteiger partial charge in [0.15, 0.2) is 5.78 Å². The molecule has 16 aromatic rings. The highest BCUT2D eigenvalue weighted by Gasteiger charge is 2.53. The standard InChI is InChI=1S/C43H27N.C31H19NO.C12H9Br/c1-2-12-28(13-3-1)29-22-24-30(25-23-29)44-40-21-11-7-17-34(40)36-27-26-35-33-16-6-10-20-39(33)43(41(35)42(36)44)37-18-8-4-14-31(37)32-15-5-9-19-38(32)43;33-31-27-12-5-4-10-23(27)25-18-19-26-24-11-6-7-13-28(24)32(30(26)29(25)31)22-16-14-21(15-17-22)20-8-2-1-3-9-20;13-12-9-5-4-8-11(12)10-6-2-1-3-7-10/h1-27H;1-19H;1-9H. The second-order valence-corrected chi connectivity index (χ2v) is 24.3. The molecule has 2 aromatic heterocycles. The Labute approximate surface area is 530 Å². The number of nitrogens with zero attached hydrogens (tertiary/aromatic N) is 2. The van der Waals surface area contributed by atoms with Crippen LogP contribution < -0.4 is 0 Å². The Kier molecular flexibility index (Phi) is 12.7. The van der Waals surface area contributed by atoms with Crippen LogP contribution in [0.15, 0.2) is 338 Å². The minimum absolute atomic E-state index is 0.108. The monoisotopic (exact) mass is 1210 g/mol. The van der Waals surface area contributed by atoms with Gasteiger partial charge < -0.3 is 9.13 Å².